The molecule has 4 rings (SSSR count). The van der Waals surface area contributed by atoms with E-state index in [0.29, 0.717) is 25.2 Å². The number of likely N-dealkylation sites (tertiary alicyclic amines) is 1. The van der Waals surface area contributed by atoms with Crippen molar-refractivity contribution in [1.29, 1.82) is 0 Å². The van der Waals surface area contributed by atoms with Gasteiger partial charge in [0, 0.05) is 25.1 Å². The molecule has 3 atom stereocenters. The van der Waals surface area contributed by atoms with Gasteiger partial charge in [0.15, 0.2) is 0 Å². The van der Waals surface area contributed by atoms with Gasteiger partial charge in [-0.3, -0.25) is 19.1 Å². The number of aromatic nitrogens is 2. The summed E-state index contributed by atoms with van der Waals surface area (Å²) in [6, 6.07) is 19.2. The van der Waals surface area contributed by atoms with Gasteiger partial charge >= 0.3 is 5.69 Å². The second-order valence-electron chi connectivity index (χ2n) is 8.52. The average molecular weight is 464 g/mol. The Morgan fingerprint density at radius 2 is 1.62 bits per heavy atom. The number of carbonyl (C=O) groups is 1. The first-order chi connectivity index (χ1) is 16.4. The predicted molar refractivity (Wildman–Crippen MR) is 127 cm³/mol. The number of nitrogens with zero attached hydrogens (tertiary/aromatic N) is 2. The van der Waals surface area contributed by atoms with Crippen molar-refractivity contribution in [3.8, 4) is 0 Å². The van der Waals surface area contributed by atoms with Gasteiger partial charge in [0.2, 0.25) is 5.91 Å². The molecule has 0 radical (unpaired) electrons. The minimum absolute atomic E-state index is 0.195. The van der Waals surface area contributed by atoms with Crippen LogP contribution in [0.1, 0.15) is 36.2 Å². The van der Waals surface area contributed by atoms with Crippen LogP contribution in [0.5, 0.6) is 0 Å². The summed E-state index contributed by atoms with van der Waals surface area (Å²) in [7, 11) is 0. The fourth-order valence-electron chi connectivity index (χ4n) is 4.39. The van der Waals surface area contributed by atoms with Crippen LogP contribution in [-0.2, 0) is 27.5 Å². The summed E-state index contributed by atoms with van der Waals surface area (Å²) in [5, 5.41) is 0. The number of ether oxygens (including phenoxy) is 2. The molecular formula is C26H29N3O5. The molecule has 1 aliphatic heterocycles. The normalized spacial score (nSPS) is 19.9. The van der Waals surface area contributed by atoms with E-state index in [1.54, 1.807) is 11.8 Å². The molecule has 8 nitrogen and oxygen atoms in total. The number of hydrogen-bond donors (Lipinski definition) is 1. The summed E-state index contributed by atoms with van der Waals surface area (Å²) >= 11 is 0. The molecule has 1 fully saturated rings. The highest BCUT2D eigenvalue weighted by Crippen LogP contribution is 2.34. The molecule has 8 heteroatoms. The zero-order chi connectivity index (χ0) is 24.1. The maximum absolute atomic E-state index is 12.8. The zero-order valence-corrected chi connectivity index (χ0v) is 19.3. The Morgan fingerprint density at radius 1 is 1.00 bits per heavy atom. The van der Waals surface area contributed by atoms with E-state index in [4.69, 9.17) is 9.47 Å². The lowest BCUT2D eigenvalue weighted by Gasteiger charge is -2.31. The zero-order valence-electron chi connectivity index (χ0n) is 19.3. The molecule has 0 aliphatic carbocycles. The molecule has 1 aliphatic rings. The van der Waals surface area contributed by atoms with Crippen LogP contribution in [0.2, 0.25) is 0 Å². The van der Waals surface area contributed by atoms with Gasteiger partial charge in [-0.1, -0.05) is 60.7 Å². The molecule has 2 aromatic carbocycles. The van der Waals surface area contributed by atoms with Crippen molar-refractivity contribution in [2.45, 2.75) is 51.8 Å². The quantitative estimate of drug-likeness (QED) is 0.555. The highest BCUT2D eigenvalue weighted by molar-refractivity contribution is 5.74. The monoisotopic (exact) mass is 463 g/mol. The van der Waals surface area contributed by atoms with Crippen molar-refractivity contribution >= 4 is 5.91 Å². The second-order valence-corrected chi connectivity index (χ2v) is 8.52. The van der Waals surface area contributed by atoms with Crippen molar-refractivity contribution in [3.05, 3.63) is 104 Å². The van der Waals surface area contributed by atoms with E-state index in [0.717, 1.165) is 11.1 Å². The largest absolute Gasteiger partial charge is 0.375 e. The molecule has 3 aromatic rings. The summed E-state index contributed by atoms with van der Waals surface area (Å²) in [6.45, 7) is 4.13. The first kappa shape index (κ1) is 23.7. The third kappa shape index (κ3) is 5.35. The average Bonchev–Trinajstić information content (AvgIpc) is 3.20. The van der Waals surface area contributed by atoms with Crippen LogP contribution in [0.15, 0.2) is 76.4 Å². The van der Waals surface area contributed by atoms with E-state index in [-0.39, 0.29) is 18.6 Å². The lowest BCUT2D eigenvalue weighted by atomic mass is 10.1. The molecule has 0 saturated carbocycles. The maximum Gasteiger partial charge on any atom is 0.330 e. The van der Waals surface area contributed by atoms with Gasteiger partial charge in [-0.15, -0.1) is 0 Å². The van der Waals surface area contributed by atoms with Crippen LogP contribution in [-0.4, -0.2) is 39.1 Å². The molecule has 1 aromatic heterocycles. The molecule has 0 spiro atoms. The standard InChI is InChI=1S/C26H29N3O5/c1-18-14-28(26(32)27-25(18)31)24-13-23(34-16-21-11-7-4-8-12-21)22(29(24)19(2)30)17-33-15-20-9-5-3-6-10-20/h3-12,14,22-24H,13,15-17H2,1-2H3,(H,27,31,32)/t22-,23+,24+/m1/s1. The summed E-state index contributed by atoms with van der Waals surface area (Å²) in [5.41, 5.74) is 1.45. The van der Waals surface area contributed by atoms with Crippen LogP contribution in [0.4, 0.5) is 0 Å². The van der Waals surface area contributed by atoms with E-state index < -0.39 is 23.5 Å². The fraction of sp³-hybridized carbons (Fsp3) is 0.346. The Kier molecular flexibility index (Phi) is 7.40. The van der Waals surface area contributed by atoms with Gasteiger partial charge in [-0.2, -0.15) is 0 Å². The Hall–Kier alpha value is -3.49. The molecule has 1 saturated heterocycles. The number of carbonyl (C=O) groups excluding carboxylic acids is 1. The number of amides is 1. The van der Waals surface area contributed by atoms with Gasteiger partial charge in [0.1, 0.15) is 6.17 Å². The Labute approximate surface area is 197 Å². The van der Waals surface area contributed by atoms with Crippen molar-refractivity contribution < 1.29 is 14.3 Å². The molecule has 0 unspecified atom stereocenters. The van der Waals surface area contributed by atoms with Crippen molar-refractivity contribution in [3.63, 3.8) is 0 Å². The number of hydrogen-bond acceptors (Lipinski definition) is 5. The van der Waals surface area contributed by atoms with E-state index >= 15 is 0 Å². The first-order valence-electron chi connectivity index (χ1n) is 11.3. The molecule has 1 N–H and O–H groups in total. The molecule has 34 heavy (non-hydrogen) atoms. The van der Waals surface area contributed by atoms with E-state index in [1.807, 2.05) is 60.7 Å². The lowest BCUT2D eigenvalue weighted by Crippen LogP contribution is -2.46. The summed E-state index contributed by atoms with van der Waals surface area (Å²) in [5.74, 6) is -0.195. The lowest BCUT2D eigenvalue weighted by molar-refractivity contribution is -0.136. The molecule has 2 heterocycles. The summed E-state index contributed by atoms with van der Waals surface area (Å²) < 4.78 is 13.7. The van der Waals surface area contributed by atoms with Gasteiger partial charge in [-0.05, 0) is 18.1 Å². The van der Waals surface area contributed by atoms with E-state index in [9.17, 15) is 14.4 Å². The predicted octanol–water partition coefficient (Wildman–Crippen LogP) is 2.77. The van der Waals surface area contributed by atoms with Gasteiger partial charge < -0.3 is 14.4 Å². The molecule has 1 amide bonds. The highest BCUT2D eigenvalue weighted by atomic mass is 16.5. The van der Waals surface area contributed by atoms with E-state index in [1.165, 1.54) is 17.7 Å². The van der Waals surface area contributed by atoms with Gasteiger partial charge in [0.05, 0.1) is 32.0 Å². The number of benzene rings is 2. The van der Waals surface area contributed by atoms with Crippen LogP contribution >= 0.6 is 0 Å². The number of aromatic amines is 1. The highest BCUT2D eigenvalue weighted by Gasteiger charge is 2.45. The van der Waals surface area contributed by atoms with Crippen molar-refractivity contribution in [2.75, 3.05) is 6.61 Å². The topological polar surface area (TPSA) is 93.6 Å². The fourth-order valence-corrected chi connectivity index (χ4v) is 4.39. The number of aryl methyl sites for hydroxylation is 1. The van der Waals surface area contributed by atoms with Crippen LogP contribution in [0.25, 0.3) is 0 Å². The molecule has 0 bridgehead atoms. The second kappa shape index (κ2) is 10.6. The summed E-state index contributed by atoms with van der Waals surface area (Å²) in [6.07, 6.45) is 0.955. The Bertz CT molecular complexity index is 1220. The van der Waals surface area contributed by atoms with Crippen molar-refractivity contribution in [1.82, 2.24) is 14.5 Å². The van der Waals surface area contributed by atoms with Crippen LogP contribution in [0.3, 0.4) is 0 Å². The molecular weight excluding hydrogens is 434 g/mol. The minimum Gasteiger partial charge on any atom is -0.375 e. The maximum atomic E-state index is 12.8. The third-order valence-electron chi connectivity index (χ3n) is 6.09. The summed E-state index contributed by atoms with van der Waals surface area (Å²) in [4.78, 5) is 41.3. The van der Waals surface area contributed by atoms with E-state index in [2.05, 4.69) is 4.98 Å². The number of nitrogens with one attached hydrogen (secondary N) is 1. The van der Waals surface area contributed by atoms with Crippen LogP contribution in [0, 0.1) is 6.92 Å². The Balaban J connectivity index is 1.60. The van der Waals surface area contributed by atoms with Gasteiger partial charge in [-0.25, -0.2) is 4.79 Å². The third-order valence-corrected chi connectivity index (χ3v) is 6.09. The molecule has 178 valence electrons. The first-order valence-corrected chi connectivity index (χ1v) is 11.3. The number of H-pyrrole nitrogens is 1. The van der Waals surface area contributed by atoms with Gasteiger partial charge in [0.25, 0.3) is 5.56 Å². The number of rotatable bonds is 8. The Morgan fingerprint density at radius 3 is 2.24 bits per heavy atom. The van der Waals surface area contributed by atoms with Crippen LogP contribution < -0.4 is 11.2 Å². The van der Waals surface area contributed by atoms with Crippen molar-refractivity contribution in [2.24, 2.45) is 0 Å². The minimum atomic E-state index is -0.591. The SMILES string of the molecule is CC(=O)N1[C@H](COCc2ccccc2)[C@@H](OCc2ccccc2)C[C@H]1n1cc(C)c(=O)[nH]c1=O. The smallest absolute Gasteiger partial charge is 0.330 e.